The minimum absolute atomic E-state index is 0.0889. The molecule has 4 heteroatoms. The molecule has 2 nitrogen and oxygen atoms in total. The Labute approximate surface area is 106 Å². The van der Waals surface area contributed by atoms with Gasteiger partial charge in [0, 0.05) is 6.42 Å². The summed E-state index contributed by atoms with van der Waals surface area (Å²) in [5, 5.41) is 0.0889. The van der Waals surface area contributed by atoms with Gasteiger partial charge in [-0.25, -0.2) is 4.39 Å². The lowest BCUT2D eigenvalue weighted by atomic mass is 10.1. The van der Waals surface area contributed by atoms with Gasteiger partial charge in [-0.2, -0.15) is 0 Å². The second-order valence-electron chi connectivity index (χ2n) is 4.83. The molecule has 94 valence electrons. The van der Waals surface area contributed by atoms with E-state index in [-0.39, 0.29) is 17.4 Å². The number of benzene rings is 1. The first-order valence-corrected chi connectivity index (χ1v) is 5.81. The average Bonchev–Trinajstić information content (AvgIpc) is 2.17. The molecule has 0 aromatic heterocycles. The fourth-order valence-corrected chi connectivity index (χ4v) is 1.45. The van der Waals surface area contributed by atoms with E-state index >= 15 is 0 Å². The van der Waals surface area contributed by atoms with Crippen molar-refractivity contribution in [3.63, 3.8) is 0 Å². The summed E-state index contributed by atoms with van der Waals surface area (Å²) >= 11 is 5.56. The van der Waals surface area contributed by atoms with Crippen molar-refractivity contribution in [3.05, 3.63) is 34.6 Å². The van der Waals surface area contributed by atoms with E-state index in [1.54, 1.807) is 6.07 Å². The number of hydrogen-bond donors (Lipinski definition) is 0. The summed E-state index contributed by atoms with van der Waals surface area (Å²) in [6, 6.07) is 4.53. The molecule has 1 aromatic rings. The lowest BCUT2D eigenvalue weighted by molar-refractivity contribution is -0.154. The van der Waals surface area contributed by atoms with Crippen LogP contribution in [0.2, 0.25) is 5.02 Å². The number of halogens is 2. The Hall–Kier alpha value is -1.09. The SMILES string of the molecule is CC(C)(C)OC(=O)CCc1ccc(Cl)c(F)c1. The van der Waals surface area contributed by atoms with Crippen molar-refractivity contribution in [2.24, 2.45) is 0 Å². The summed E-state index contributed by atoms with van der Waals surface area (Å²) in [5.41, 5.74) is 0.250. The van der Waals surface area contributed by atoms with E-state index in [9.17, 15) is 9.18 Å². The molecule has 0 N–H and O–H groups in total. The Bertz CT molecular complexity index is 410. The molecule has 0 aliphatic rings. The summed E-state index contributed by atoms with van der Waals surface area (Å²) < 4.78 is 18.3. The minimum atomic E-state index is -0.484. The van der Waals surface area contributed by atoms with Crippen LogP contribution in [0.1, 0.15) is 32.8 Å². The highest BCUT2D eigenvalue weighted by Gasteiger charge is 2.16. The molecule has 0 radical (unpaired) electrons. The van der Waals surface area contributed by atoms with Gasteiger partial charge >= 0.3 is 5.97 Å². The average molecular weight is 259 g/mol. The zero-order valence-corrected chi connectivity index (χ0v) is 11.0. The molecule has 1 rings (SSSR count). The van der Waals surface area contributed by atoms with Crippen LogP contribution < -0.4 is 0 Å². The second-order valence-corrected chi connectivity index (χ2v) is 5.24. The first-order chi connectivity index (χ1) is 7.78. The zero-order valence-electron chi connectivity index (χ0n) is 10.2. The summed E-state index contributed by atoms with van der Waals surface area (Å²) in [6.07, 6.45) is 0.682. The molecule has 0 bridgehead atoms. The van der Waals surface area contributed by atoms with Crippen molar-refractivity contribution < 1.29 is 13.9 Å². The topological polar surface area (TPSA) is 26.3 Å². The molecular formula is C13H16ClFO2. The molecule has 0 saturated carbocycles. The fourth-order valence-electron chi connectivity index (χ4n) is 1.33. The molecule has 1 aromatic carbocycles. The van der Waals surface area contributed by atoms with Crippen molar-refractivity contribution in [3.8, 4) is 0 Å². The van der Waals surface area contributed by atoms with Crippen LogP contribution in [-0.4, -0.2) is 11.6 Å². The number of carbonyl (C=O) groups is 1. The van der Waals surface area contributed by atoms with E-state index in [0.29, 0.717) is 6.42 Å². The van der Waals surface area contributed by atoms with Crippen molar-refractivity contribution in [1.29, 1.82) is 0 Å². The van der Waals surface area contributed by atoms with Gasteiger partial charge in [0.25, 0.3) is 0 Å². The first kappa shape index (κ1) is 14.0. The Kier molecular flexibility index (Phi) is 4.52. The van der Waals surface area contributed by atoms with E-state index in [1.165, 1.54) is 12.1 Å². The lowest BCUT2D eigenvalue weighted by Gasteiger charge is -2.19. The molecule has 0 amide bonds. The van der Waals surface area contributed by atoms with Gasteiger partial charge in [0.2, 0.25) is 0 Å². The molecule has 0 saturated heterocycles. The van der Waals surface area contributed by atoms with Crippen molar-refractivity contribution in [1.82, 2.24) is 0 Å². The van der Waals surface area contributed by atoms with Gasteiger partial charge in [-0.1, -0.05) is 17.7 Å². The molecule has 17 heavy (non-hydrogen) atoms. The maximum atomic E-state index is 13.1. The van der Waals surface area contributed by atoms with Crippen molar-refractivity contribution in [2.75, 3.05) is 0 Å². The molecule has 0 atom stereocenters. The molecule has 0 spiro atoms. The normalized spacial score (nSPS) is 11.4. The highest BCUT2D eigenvalue weighted by Crippen LogP contribution is 2.17. The number of carbonyl (C=O) groups excluding carboxylic acids is 1. The van der Waals surface area contributed by atoms with Crippen molar-refractivity contribution >= 4 is 17.6 Å². The smallest absolute Gasteiger partial charge is 0.306 e. The van der Waals surface area contributed by atoms with Crippen LogP contribution >= 0.6 is 11.6 Å². The van der Waals surface area contributed by atoms with Gasteiger partial charge in [0.05, 0.1) is 5.02 Å². The molecule has 0 heterocycles. The summed E-state index contributed by atoms with van der Waals surface area (Å²) in [7, 11) is 0. The van der Waals surface area contributed by atoms with Crippen LogP contribution in [0.4, 0.5) is 4.39 Å². The number of rotatable bonds is 3. The van der Waals surface area contributed by atoms with Gasteiger partial charge in [-0.3, -0.25) is 4.79 Å². The summed E-state index contributed by atoms with van der Waals surface area (Å²) in [5.74, 6) is -0.749. The predicted octanol–water partition coefficient (Wildman–Crippen LogP) is 3.75. The van der Waals surface area contributed by atoms with E-state index in [4.69, 9.17) is 16.3 Å². The Morgan fingerprint density at radius 1 is 1.41 bits per heavy atom. The maximum absolute atomic E-state index is 13.1. The number of esters is 1. The van der Waals surface area contributed by atoms with E-state index < -0.39 is 11.4 Å². The molecular weight excluding hydrogens is 243 g/mol. The van der Waals surface area contributed by atoms with Crippen LogP contribution in [-0.2, 0) is 16.0 Å². The molecule has 0 aliphatic carbocycles. The van der Waals surface area contributed by atoms with Crippen LogP contribution in [0.25, 0.3) is 0 Å². The zero-order chi connectivity index (χ0) is 13.1. The van der Waals surface area contributed by atoms with Gasteiger partial charge in [0.1, 0.15) is 11.4 Å². The highest BCUT2D eigenvalue weighted by molar-refractivity contribution is 6.30. The summed E-state index contributed by atoms with van der Waals surface area (Å²) in [6.45, 7) is 5.44. The second kappa shape index (κ2) is 5.50. The van der Waals surface area contributed by atoms with Crippen LogP contribution in [0, 0.1) is 5.82 Å². The first-order valence-electron chi connectivity index (χ1n) is 5.44. The van der Waals surface area contributed by atoms with Gasteiger partial charge < -0.3 is 4.74 Å². The predicted molar refractivity (Wildman–Crippen MR) is 65.6 cm³/mol. The van der Waals surface area contributed by atoms with Crippen molar-refractivity contribution in [2.45, 2.75) is 39.2 Å². The monoisotopic (exact) mass is 258 g/mol. The quantitative estimate of drug-likeness (QED) is 0.772. The molecule has 0 fully saturated rings. The van der Waals surface area contributed by atoms with E-state index in [1.807, 2.05) is 20.8 Å². The largest absolute Gasteiger partial charge is 0.460 e. The number of hydrogen-bond acceptors (Lipinski definition) is 2. The Balaban J connectivity index is 2.50. The van der Waals surface area contributed by atoms with Crippen LogP contribution in [0.15, 0.2) is 18.2 Å². The Morgan fingerprint density at radius 2 is 2.06 bits per heavy atom. The molecule has 0 aliphatic heterocycles. The van der Waals surface area contributed by atoms with Crippen LogP contribution in [0.3, 0.4) is 0 Å². The third kappa shape index (κ3) is 5.18. The lowest BCUT2D eigenvalue weighted by Crippen LogP contribution is -2.24. The maximum Gasteiger partial charge on any atom is 0.306 e. The number of ether oxygens (including phenoxy) is 1. The summed E-state index contributed by atoms with van der Waals surface area (Å²) in [4.78, 5) is 11.4. The molecule has 0 unspecified atom stereocenters. The van der Waals surface area contributed by atoms with E-state index in [0.717, 1.165) is 5.56 Å². The van der Waals surface area contributed by atoms with Gasteiger partial charge in [0.15, 0.2) is 0 Å². The van der Waals surface area contributed by atoms with Gasteiger partial charge in [-0.05, 0) is 44.9 Å². The number of aryl methyl sites for hydroxylation is 1. The minimum Gasteiger partial charge on any atom is -0.460 e. The Morgan fingerprint density at radius 3 is 2.59 bits per heavy atom. The fraction of sp³-hybridized carbons (Fsp3) is 0.462. The van der Waals surface area contributed by atoms with Gasteiger partial charge in [-0.15, -0.1) is 0 Å². The van der Waals surface area contributed by atoms with Crippen LogP contribution in [0.5, 0.6) is 0 Å². The third-order valence-corrected chi connectivity index (χ3v) is 2.33. The standard InChI is InChI=1S/C13H16ClFO2/c1-13(2,3)17-12(16)7-5-9-4-6-10(14)11(15)8-9/h4,6,8H,5,7H2,1-3H3. The van der Waals surface area contributed by atoms with E-state index in [2.05, 4.69) is 0 Å². The highest BCUT2D eigenvalue weighted by atomic mass is 35.5. The third-order valence-electron chi connectivity index (χ3n) is 2.02.